The SMILES string of the molecule is CC1=CC(C(C)C)Cc2cc(-c3ccc(N4CCNC(C)(C)C4)nc3)cc(C(=O)NCc3c(C)cc(C)[nH]c3=O)c21. The third-order valence-corrected chi connectivity index (χ3v) is 8.53. The molecule has 1 aliphatic carbocycles. The van der Waals surface area contributed by atoms with Gasteiger partial charge in [0.2, 0.25) is 0 Å². The molecule has 3 heterocycles. The molecule has 7 nitrogen and oxygen atoms in total. The molecule has 2 aromatic heterocycles. The van der Waals surface area contributed by atoms with Crippen molar-refractivity contribution >= 4 is 17.3 Å². The van der Waals surface area contributed by atoms with Crippen LogP contribution in [-0.2, 0) is 13.0 Å². The fraction of sp³-hybridized carbons (Fsp3) is 0.441. The number of fused-ring (bicyclic) bond motifs is 1. The first-order chi connectivity index (χ1) is 19.4. The Labute approximate surface area is 243 Å². The monoisotopic (exact) mass is 553 g/mol. The molecule has 1 aromatic carbocycles. The topological polar surface area (TPSA) is 90.1 Å². The number of nitrogens with zero attached hydrogens (tertiary/aromatic N) is 2. The lowest BCUT2D eigenvalue weighted by molar-refractivity contribution is 0.0950. The Kier molecular flexibility index (Phi) is 7.93. The summed E-state index contributed by atoms with van der Waals surface area (Å²) in [6.45, 7) is 17.7. The molecule has 1 atom stereocenters. The van der Waals surface area contributed by atoms with Gasteiger partial charge in [0.15, 0.2) is 0 Å². The Balaban J connectivity index is 1.49. The largest absolute Gasteiger partial charge is 0.354 e. The predicted molar refractivity (Wildman–Crippen MR) is 167 cm³/mol. The number of aromatic amines is 1. The maximum Gasteiger partial charge on any atom is 0.253 e. The van der Waals surface area contributed by atoms with Gasteiger partial charge in [-0.3, -0.25) is 9.59 Å². The molecule has 0 spiro atoms. The summed E-state index contributed by atoms with van der Waals surface area (Å²) in [7, 11) is 0. The van der Waals surface area contributed by atoms with Gasteiger partial charge in [-0.15, -0.1) is 0 Å². The van der Waals surface area contributed by atoms with Crippen molar-refractivity contribution in [3.05, 3.63) is 86.5 Å². The molecule has 41 heavy (non-hydrogen) atoms. The second-order valence-electron chi connectivity index (χ2n) is 12.8. The van der Waals surface area contributed by atoms with Crippen LogP contribution in [0.4, 0.5) is 5.82 Å². The molecule has 1 aliphatic heterocycles. The number of hydrogen-bond acceptors (Lipinski definition) is 5. The van der Waals surface area contributed by atoms with Crippen LogP contribution in [0.5, 0.6) is 0 Å². The van der Waals surface area contributed by atoms with Gasteiger partial charge in [0.25, 0.3) is 11.5 Å². The van der Waals surface area contributed by atoms with Gasteiger partial charge in [-0.05, 0) is 105 Å². The number of piperazine rings is 1. The Morgan fingerprint density at radius 3 is 2.59 bits per heavy atom. The summed E-state index contributed by atoms with van der Waals surface area (Å²) in [4.78, 5) is 36.4. The smallest absolute Gasteiger partial charge is 0.253 e. The van der Waals surface area contributed by atoms with Crippen molar-refractivity contribution in [1.82, 2.24) is 20.6 Å². The van der Waals surface area contributed by atoms with Crippen LogP contribution in [0.25, 0.3) is 16.7 Å². The van der Waals surface area contributed by atoms with Gasteiger partial charge in [-0.25, -0.2) is 4.98 Å². The number of amides is 1. The van der Waals surface area contributed by atoms with Crippen molar-refractivity contribution in [2.45, 2.75) is 67.0 Å². The van der Waals surface area contributed by atoms with Gasteiger partial charge in [-0.2, -0.15) is 0 Å². The summed E-state index contributed by atoms with van der Waals surface area (Å²) in [6, 6.07) is 10.4. The second kappa shape index (κ2) is 11.3. The van der Waals surface area contributed by atoms with Gasteiger partial charge < -0.3 is 20.5 Å². The number of anilines is 1. The molecule has 0 radical (unpaired) electrons. The highest BCUT2D eigenvalue weighted by Gasteiger charge is 2.28. The van der Waals surface area contributed by atoms with Crippen LogP contribution in [0.3, 0.4) is 0 Å². The number of rotatable bonds is 6. The first-order valence-electron chi connectivity index (χ1n) is 14.7. The molecular weight excluding hydrogens is 510 g/mol. The molecule has 1 fully saturated rings. The molecule has 1 unspecified atom stereocenters. The normalized spacial score (nSPS) is 18.2. The number of carbonyl (C=O) groups is 1. The second-order valence-corrected chi connectivity index (χ2v) is 12.8. The van der Waals surface area contributed by atoms with Crippen LogP contribution in [0.1, 0.15) is 72.9 Å². The zero-order chi connectivity index (χ0) is 29.5. The summed E-state index contributed by atoms with van der Waals surface area (Å²) in [6.07, 6.45) is 5.12. The van der Waals surface area contributed by atoms with Gasteiger partial charge in [-0.1, -0.05) is 26.0 Å². The first-order valence-corrected chi connectivity index (χ1v) is 14.7. The Morgan fingerprint density at radius 2 is 1.93 bits per heavy atom. The minimum Gasteiger partial charge on any atom is -0.354 e. The third-order valence-electron chi connectivity index (χ3n) is 8.53. The number of aromatic nitrogens is 2. The highest BCUT2D eigenvalue weighted by atomic mass is 16.1. The minimum absolute atomic E-state index is 0.0414. The van der Waals surface area contributed by atoms with E-state index in [0.29, 0.717) is 23.0 Å². The Morgan fingerprint density at radius 1 is 1.15 bits per heavy atom. The van der Waals surface area contributed by atoms with Gasteiger partial charge in [0, 0.05) is 60.3 Å². The molecule has 3 aromatic rings. The van der Waals surface area contributed by atoms with Crippen molar-refractivity contribution in [2.75, 3.05) is 24.5 Å². The van der Waals surface area contributed by atoms with Crippen LogP contribution in [-0.4, -0.2) is 41.0 Å². The van der Waals surface area contributed by atoms with E-state index in [0.717, 1.165) is 65.4 Å². The Bertz CT molecular complexity index is 1550. The number of H-pyrrole nitrogens is 1. The number of aryl methyl sites for hydroxylation is 2. The zero-order valence-corrected chi connectivity index (χ0v) is 25.4. The molecule has 2 aliphatic rings. The molecular formula is C34H43N5O2. The number of allylic oxidation sites excluding steroid dienone is 2. The summed E-state index contributed by atoms with van der Waals surface area (Å²) in [5.41, 5.74) is 8.07. The molecule has 1 saturated heterocycles. The van der Waals surface area contributed by atoms with Crippen LogP contribution < -0.4 is 21.1 Å². The van der Waals surface area contributed by atoms with E-state index in [4.69, 9.17) is 4.98 Å². The third kappa shape index (κ3) is 6.15. The van der Waals surface area contributed by atoms with E-state index < -0.39 is 0 Å². The lowest BCUT2D eigenvalue weighted by atomic mass is 9.77. The fourth-order valence-electron chi connectivity index (χ4n) is 6.27. The minimum atomic E-state index is -0.175. The number of pyridine rings is 2. The van der Waals surface area contributed by atoms with Crippen LogP contribution in [0, 0.1) is 25.7 Å². The van der Waals surface area contributed by atoms with E-state index in [2.05, 4.69) is 79.4 Å². The van der Waals surface area contributed by atoms with Gasteiger partial charge >= 0.3 is 0 Å². The van der Waals surface area contributed by atoms with Crippen molar-refractivity contribution in [3.8, 4) is 11.1 Å². The lowest BCUT2D eigenvalue weighted by Crippen LogP contribution is -2.57. The van der Waals surface area contributed by atoms with Crippen molar-refractivity contribution < 1.29 is 4.79 Å². The van der Waals surface area contributed by atoms with E-state index in [9.17, 15) is 9.59 Å². The van der Waals surface area contributed by atoms with Gasteiger partial charge in [0.05, 0.1) is 0 Å². The highest BCUT2D eigenvalue weighted by molar-refractivity contribution is 6.01. The van der Waals surface area contributed by atoms with E-state index >= 15 is 0 Å². The number of benzene rings is 1. The van der Waals surface area contributed by atoms with Crippen LogP contribution in [0.2, 0.25) is 0 Å². The van der Waals surface area contributed by atoms with Crippen molar-refractivity contribution in [1.29, 1.82) is 0 Å². The van der Waals surface area contributed by atoms with E-state index in [1.807, 2.05) is 32.2 Å². The van der Waals surface area contributed by atoms with Gasteiger partial charge in [0.1, 0.15) is 5.82 Å². The number of hydrogen-bond donors (Lipinski definition) is 3. The molecule has 216 valence electrons. The fourth-order valence-corrected chi connectivity index (χ4v) is 6.27. The molecule has 7 heteroatoms. The van der Waals surface area contributed by atoms with E-state index in [1.165, 1.54) is 5.56 Å². The maximum atomic E-state index is 13.8. The number of nitrogens with one attached hydrogen (secondary N) is 3. The molecule has 0 bridgehead atoms. The standard InChI is InChI=1S/C34H43N5O2/c1-20(2)25-13-22(4)31-27(14-25)15-26(24-8-9-30(35-17-24)39-11-10-37-34(6,7)19-39)16-28(31)32(40)36-18-29-21(3)12-23(5)38-33(29)41/h8-9,12-13,15-17,20,25,37H,10-11,14,18-19H2,1-7H3,(H,36,40)(H,38,41). The van der Waals surface area contributed by atoms with E-state index in [-0.39, 0.29) is 23.6 Å². The Hall–Kier alpha value is -3.71. The zero-order valence-electron chi connectivity index (χ0n) is 25.4. The first kappa shape index (κ1) is 28.8. The molecule has 3 N–H and O–H groups in total. The summed E-state index contributed by atoms with van der Waals surface area (Å²) >= 11 is 0. The van der Waals surface area contributed by atoms with Crippen molar-refractivity contribution in [3.63, 3.8) is 0 Å². The number of carbonyl (C=O) groups excluding carboxylic acids is 1. The van der Waals surface area contributed by atoms with Crippen LogP contribution >= 0.6 is 0 Å². The quantitative estimate of drug-likeness (QED) is 0.380. The lowest BCUT2D eigenvalue weighted by Gasteiger charge is -2.39. The molecule has 5 rings (SSSR count). The van der Waals surface area contributed by atoms with Crippen LogP contribution in [0.15, 0.2) is 47.4 Å². The average molecular weight is 554 g/mol. The highest BCUT2D eigenvalue weighted by Crippen LogP contribution is 2.38. The average Bonchev–Trinajstić information content (AvgIpc) is 2.91. The van der Waals surface area contributed by atoms with Crippen molar-refractivity contribution in [2.24, 2.45) is 11.8 Å². The predicted octanol–water partition coefficient (Wildman–Crippen LogP) is 5.40. The molecule has 0 saturated carbocycles. The summed E-state index contributed by atoms with van der Waals surface area (Å²) < 4.78 is 0. The summed E-state index contributed by atoms with van der Waals surface area (Å²) in [5, 5.41) is 6.60. The molecule has 1 amide bonds. The maximum absolute atomic E-state index is 13.8. The summed E-state index contributed by atoms with van der Waals surface area (Å²) in [5.74, 6) is 1.71. The van der Waals surface area contributed by atoms with E-state index in [1.54, 1.807) is 0 Å².